The van der Waals surface area contributed by atoms with Gasteiger partial charge in [0.2, 0.25) is 0 Å². The second-order valence-electron chi connectivity index (χ2n) is 4.97. The highest BCUT2D eigenvalue weighted by atomic mass is 79.9. The Morgan fingerprint density at radius 1 is 0.810 bits per heavy atom. The Hall–Kier alpha value is -2.13. The van der Waals surface area contributed by atoms with Gasteiger partial charge in [0, 0.05) is 20.9 Å². The summed E-state index contributed by atoms with van der Waals surface area (Å²) in [5, 5.41) is 2.32. The number of halogens is 2. The second-order valence-corrected chi connectivity index (χ2v) is 5.82. The molecule has 0 aliphatic carbocycles. The van der Waals surface area contributed by atoms with Crippen LogP contribution in [0, 0.1) is 5.82 Å². The van der Waals surface area contributed by atoms with Gasteiger partial charge in [-0.15, -0.1) is 0 Å². The molecule has 0 unspecified atom stereocenters. The average Bonchev–Trinajstić information content (AvgIpc) is 2.83. The first-order chi connectivity index (χ1) is 10.3. The molecule has 1 aromatic heterocycles. The van der Waals surface area contributed by atoms with E-state index in [1.54, 1.807) is 12.1 Å². The highest BCUT2D eigenvalue weighted by molar-refractivity contribution is 9.10. The van der Waals surface area contributed by atoms with Crippen LogP contribution in [0.1, 0.15) is 0 Å². The van der Waals surface area contributed by atoms with E-state index in [1.165, 1.54) is 6.07 Å². The molecule has 0 aliphatic heterocycles. The maximum absolute atomic E-state index is 13.6. The number of fused-ring (bicyclic) bond motifs is 3. The molecule has 0 bridgehead atoms. The molecule has 3 heteroatoms. The number of benzene rings is 3. The van der Waals surface area contributed by atoms with E-state index in [0.29, 0.717) is 0 Å². The van der Waals surface area contributed by atoms with E-state index in [-0.39, 0.29) is 5.82 Å². The Kier molecular flexibility index (Phi) is 2.82. The lowest BCUT2D eigenvalue weighted by Crippen LogP contribution is -1.94. The van der Waals surface area contributed by atoms with Gasteiger partial charge >= 0.3 is 0 Å². The van der Waals surface area contributed by atoms with E-state index in [9.17, 15) is 4.39 Å². The van der Waals surface area contributed by atoms with Crippen LogP contribution in [0.3, 0.4) is 0 Å². The van der Waals surface area contributed by atoms with E-state index >= 15 is 0 Å². The predicted molar refractivity (Wildman–Crippen MR) is 88.4 cm³/mol. The normalized spacial score (nSPS) is 11.3. The van der Waals surface area contributed by atoms with Crippen LogP contribution in [0.25, 0.3) is 27.5 Å². The van der Waals surface area contributed by atoms with E-state index in [4.69, 9.17) is 0 Å². The number of para-hydroxylation sites is 2. The number of rotatable bonds is 1. The minimum absolute atomic E-state index is 0.231. The molecule has 0 saturated heterocycles. The topological polar surface area (TPSA) is 4.93 Å². The third kappa shape index (κ3) is 1.88. The first kappa shape index (κ1) is 12.6. The van der Waals surface area contributed by atoms with Crippen LogP contribution in [0.4, 0.5) is 4.39 Å². The van der Waals surface area contributed by atoms with Crippen molar-refractivity contribution < 1.29 is 4.39 Å². The molecule has 0 atom stereocenters. The van der Waals surface area contributed by atoms with Crippen molar-refractivity contribution >= 4 is 37.7 Å². The molecule has 0 aliphatic rings. The summed E-state index contributed by atoms with van der Waals surface area (Å²) in [6, 6.07) is 21.0. The highest BCUT2D eigenvalue weighted by Crippen LogP contribution is 2.35. The first-order valence-corrected chi connectivity index (χ1v) is 7.48. The molecule has 0 radical (unpaired) electrons. The minimum atomic E-state index is -0.231. The van der Waals surface area contributed by atoms with Crippen LogP contribution in [-0.4, -0.2) is 4.57 Å². The molecule has 3 aromatic carbocycles. The molecule has 0 saturated carbocycles. The molecule has 0 amide bonds. The monoisotopic (exact) mass is 339 g/mol. The van der Waals surface area contributed by atoms with Crippen molar-refractivity contribution in [2.45, 2.75) is 0 Å². The molecule has 102 valence electrons. The standard InChI is InChI=1S/C18H11BrFN/c19-16-9-4-8-15-14-7-1-2-10-17(14)21(18(15)16)13-6-3-5-12(20)11-13/h1-11H. The lowest BCUT2D eigenvalue weighted by Gasteiger charge is -2.08. The fourth-order valence-corrected chi connectivity index (χ4v) is 3.40. The molecule has 21 heavy (non-hydrogen) atoms. The van der Waals surface area contributed by atoms with Crippen LogP contribution >= 0.6 is 15.9 Å². The van der Waals surface area contributed by atoms with Gasteiger partial charge in [0.1, 0.15) is 5.82 Å². The summed E-state index contributed by atoms with van der Waals surface area (Å²) in [5.74, 6) is -0.231. The zero-order valence-electron chi connectivity index (χ0n) is 11.1. The molecule has 0 fully saturated rings. The van der Waals surface area contributed by atoms with Crippen molar-refractivity contribution in [1.29, 1.82) is 0 Å². The van der Waals surface area contributed by atoms with Gasteiger partial charge < -0.3 is 4.57 Å². The van der Waals surface area contributed by atoms with E-state index in [0.717, 1.165) is 32.0 Å². The Morgan fingerprint density at radius 2 is 1.57 bits per heavy atom. The van der Waals surface area contributed by atoms with Gasteiger partial charge in [-0.05, 0) is 46.3 Å². The van der Waals surface area contributed by atoms with Gasteiger partial charge in [-0.3, -0.25) is 0 Å². The second kappa shape index (κ2) is 4.71. The lowest BCUT2D eigenvalue weighted by atomic mass is 10.2. The number of nitrogens with zero attached hydrogens (tertiary/aromatic N) is 1. The Morgan fingerprint density at radius 3 is 2.43 bits per heavy atom. The van der Waals surface area contributed by atoms with E-state index in [1.807, 2.05) is 30.3 Å². The lowest BCUT2D eigenvalue weighted by molar-refractivity contribution is 0.627. The van der Waals surface area contributed by atoms with Crippen molar-refractivity contribution in [2.24, 2.45) is 0 Å². The maximum Gasteiger partial charge on any atom is 0.125 e. The summed E-state index contributed by atoms with van der Waals surface area (Å²) in [7, 11) is 0. The van der Waals surface area contributed by atoms with E-state index < -0.39 is 0 Å². The molecule has 4 rings (SSSR count). The van der Waals surface area contributed by atoms with Gasteiger partial charge in [0.05, 0.1) is 11.0 Å². The van der Waals surface area contributed by atoms with E-state index in [2.05, 4.69) is 38.7 Å². The van der Waals surface area contributed by atoms with Gasteiger partial charge in [0.25, 0.3) is 0 Å². The molecule has 4 aromatic rings. The number of hydrogen-bond donors (Lipinski definition) is 0. The van der Waals surface area contributed by atoms with Crippen LogP contribution in [0.5, 0.6) is 0 Å². The predicted octanol–water partition coefficient (Wildman–Crippen LogP) is 5.69. The number of hydrogen-bond acceptors (Lipinski definition) is 0. The third-order valence-corrected chi connectivity index (χ3v) is 4.35. The van der Waals surface area contributed by atoms with Crippen molar-refractivity contribution in [3.63, 3.8) is 0 Å². The minimum Gasteiger partial charge on any atom is -0.308 e. The summed E-state index contributed by atoms with van der Waals surface area (Å²) in [5.41, 5.74) is 2.96. The number of aromatic nitrogens is 1. The largest absolute Gasteiger partial charge is 0.308 e. The van der Waals surface area contributed by atoms with Crippen LogP contribution in [0.15, 0.2) is 71.2 Å². The van der Waals surface area contributed by atoms with Crippen LogP contribution in [-0.2, 0) is 0 Å². The fraction of sp³-hybridized carbons (Fsp3) is 0. The summed E-state index contributed by atoms with van der Waals surface area (Å²) < 4.78 is 16.7. The van der Waals surface area contributed by atoms with Gasteiger partial charge in [-0.25, -0.2) is 4.39 Å². The Balaban J connectivity index is 2.24. The SMILES string of the molecule is Fc1cccc(-n2c3ccccc3c3cccc(Br)c32)c1. The third-order valence-electron chi connectivity index (χ3n) is 3.71. The zero-order valence-corrected chi connectivity index (χ0v) is 12.6. The molecule has 0 N–H and O–H groups in total. The molecule has 0 spiro atoms. The smallest absolute Gasteiger partial charge is 0.125 e. The molecular formula is C18H11BrFN. The van der Waals surface area contributed by atoms with Crippen molar-refractivity contribution in [3.8, 4) is 5.69 Å². The average molecular weight is 340 g/mol. The van der Waals surface area contributed by atoms with Crippen molar-refractivity contribution in [2.75, 3.05) is 0 Å². The van der Waals surface area contributed by atoms with Crippen LogP contribution in [0.2, 0.25) is 0 Å². The summed E-state index contributed by atoms with van der Waals surface area (Å²) >= 11 is 3.63. The highest BCUT2D eigenvalue weighted by Gasteiger charge is 2.13. The fourth-order valence-electron chi connectivity index (χ4n) is 2.86. The Bertz CT molecular complexity index is 971. The zero-order chi connectivity index (χ0) is 14.4. The quantitative estimate of drug-likeness (QED) is 0.420. The maximum atomic E-state index is 13.6. The molecule has 1 heterocycles. The molecule has 1 nitrogen and oxygen atoms in total. The van der Waals surface area contributed by atoms with Gasteiger partial charge in [-0.1, -0.05) is 36.4 Å². The summed E-state index contributed by atoms with van der Waals surface area (Å²) in [4.78, 5) is 0. The van der Waals surface area contributed by atoms with Crippen molar-refractivity contribution in [1.82, 2.24) is 4.57 Å². The van der Waals surface area contributed by atoms with Gasteiger partial charge in [-0.2, -0.15) is 0 Å². The molecular weight excluding hydrogens is 329 g/mol. The van der Waals surface area contributed by atoms with Gasteiger partial charge in [0.15, 0.2) is 0 Å². The van der Waals surface area contributed by atoms with Crippen LogP contribution < -0.4 is 0 Å². The summed E-state index contributed by atoms with van der Waals surface area (Å²) in [6.45, 7) is 0. The van der Waals surface area contributed by atoms with Crippen molar-refractivity contribution in [3.05, 3.63) is 77.0 Å². The first-order valence-electron chi connectivity index (χ1n) is 6.69. The Labute approximate surface area is 129 Å². The summed E-state index contributed by atoms with van der Waals surface area (Å²) in [6.07, 6.45) is 0.